The summed E-state index contributed by atoms with van der Waals surface area (Å²) in [6, 6.07) is 6.24. The molecule has 0 atom stereocenters. The van der Waals surface area contributed by atoms with Crippen molar-refractivity contribution in [1.82, 2.24) is 14.5 Å². The number of nitrogen functional groups attached to an aromatic ring is 1. The van der Waals surface area contributed by atoms with Gasteiger partial charge in [0.1, 0.15) is 11.3 Å². The molecule has 4 nitrogen and oxygen atoms in total. The van der Waals surface area contributed by atoms with Gasteiger partial charge in [-0.25, -0.2) is 9.37 Å². The minimum absolute atomic E-state index is 0.310. The van der Waals surface area contributed by atoms with Gasteiger partial charge in [0, 0.05) is 10.7 Å². The molecule has 0 amide bonds. The SMILES string of the molecule is Nc1nc2cnccc2n1-c1ccc(F)cc1Br. The predicted octanol–water partition coefficient (Wildman–Crippen LogP) is 2.90. The number of aromatic nitrogens is 3. The summed E-state index contributed by atoms with van der Waals surface area (Å²) in [6.07, 6.45) is 3.30. The molecule has 6 heteroatoms. The molecule has 2 aromatic heterocycles. The van der Waals surface area contributed by atoms with Crippen LogP contribution in [0.15, 0.2) is 41.1 Å². The number of fused-ring (bicyclic) bond motifs is 1. The lowest BCUT2D eigenvalue weighted by atomic mass is 10.3. The standard InChI is InChI=1S/C12H8BrFN4/c13-8-5-7(14)1-2-10(8)18-11-3-4-16-6-9(11)17-12(18)15/h1-6H,(H2,15,17). The van der Waals surface area contributed by atoms with Crippen LogP contribution in [0.2, 0.25) is 0 Å². The molecule has 0 aliphatic rings. The van der Waals surface area contributed by atoms with E-state index < -0.39 is 0 Å². The zero-order valence-corrected chi connectivity index (χ0v) is 10.7. The van der Waals surface area contributed by atoms with Crippen molar-refractivity contribution in [1.29, 1.82) is 0 Å². The fourth-order valence-electron chi connectivity index (χ4n) is 1.87. The molecule has 3 rings (SSSR count). The molecule has 2 N–H and O–H groups in total. The van der Waals surface area contributed by atoms with E-state index in [1.807, 2.05) is 6.07 Å². The zero-order valence-electron chi connectivity index (χ0n) is 9.14. The van der Waals surface area contributed by atoms with Gasteiger partial charge in [-0.1, -0.05) is 0 Å². The minimum Gasteiger partial charge on any atom is -0.369 e. The van der Waals surface area contributed by atoms with Crippen LogP contribution in [-0.4, -0.2) is 14.5 Å². The number of nitrogens with two attached hydrogens (primary N) is 1. The van der Waals surface area contributed by atoms with Gasteiger partial charge in [-0.15, -0.1) is 0 Å². The van der Waals surface area contributed by atoms with Crippen molar-refractivity contribution in [3.8, 4) is 5.69 Å². The molecule has 0 saturated heterocycles. The number of benzene rings is 1. The van der Waals surface area contributed by atoms with Crippen LogP contribution >= 0.6 is 15.9 Å². The van der Waals surface area contributed by atoms with Gasteiger partial charge in [-0.2, -0.15) is 0 Å². The third kappa shape index (κ3) is 1.65. The largest absolute Gasteiger partial charge is 0.369 e. The monoisotopic (exact) mass is 306 g/mol. The van der Waals surface area contributed by atoms with Crippen LogP contribution in [0.25, 0.3) is 16.7 Å². The van der Waals surface area contributed by atoms with E-state index in [1.165, 1.54) is 12.1 Å². The van der Waals surface area contributed by atoms with Crippen molar-refractivity contribution >= 4 is 32.9 Å². The molecule has 0 radical (unpaired) electrons. The van der Waals surface area contributed by atoms with Gasteiger partial charge in [0.15, 0.2) is 0 Å². The summed E-state index contributed by atoms with van der Waals surface area (Å²) in [5.41, 5.74) is 8.17. The lowest BCUT2D eigenvalue weighted by Crippen LogP contribution is -2.01. The Hall–Kier alpha value is -1.95. The molecule has 0 bridgehead atoms. The maximum Gasteiger partial charge on any atom is 0.206 e. The maximum absolute atomic E-state index is 13.1. The molecular weight excluding hydrogens is 299 g/mol. The number of imidazole rings is 1. The second-order valence-corrected chi connectivity index (χ2v) is 4.62. The van der Waals surface area contributed by atoms with Gasteiger partial charge < -0.3 is 5.73 Å². The molecule has 0 aliphatic carbocycles. The highest BCUT2D eigenvalue weighted by atomic mass is 79.9. The first-order valence-corrected chi connectivity index (χ1v) is 5.99. The van der Waals surface area contributed by atoms with Gasteiger partial charge >= 0.3 is 0 Å². The normalized spacial score (nSPS) is 11.0. The van der Waals surface area contributed by atoms with E-state index in [2.05, 4.69) is 25.9 Å². The summed E-state index contributed by atoms with van der Waals surface area (Å²) < 4.78 is 15.5. The Morgan fingerprint density at radius 1 is 1.28 bits per heavy atom. The van der Waals surface area contributed by atoms with Crippen molar-refractivity contribution in [3.05, 3.63) is 46.9 Å². The Labute approximate surface area is 110 Å². The predicted molar refractivity (Wildman–Crippen MR) is 70.9 cm³/mol. The lowest BCUT2D eigenvalue weighted by Gasteiger charge is -2.08. The highest BCUT2D eigenvalue weighted by Gasteiger charge is 2.12. The van der Waals surface area contributed by atoms with Crippen LogP contribution < -0.4 is 5.73 Å². The number of nitrogens with zero attached hydrogens (tertiary/aromatic N) is 3. The van der Waals surface area contributed by atoms with Crippen LogP contribution in [0.3, 0.4) is 0 Å². The molecule has 0 aliphatic heterocycles. The zero-order chi connectivity index (χ0) is 12.7. The molecule has 1 aromatic carbocycles. The van der Waals surface area contributed by atoms with Gasteiger partial charge in [0.05, 0.1) is 17.4 Å². The van der Waals surface area contributed by atoms with Crippen LogP contribution in [-0.2, 0) is 0 Å². The first-order chi connectivity index (χ1) is 8.66. The van der Waals surface area contributed by atoms with Gasteiger partial charge in [0.2, 0.25) is 5.95 Å². The molecule has 0 fully saturated rings. The van der Waals surface area contributed by atoms with Crippen molar-refractivity contribution in [2.24, 2.45) is 0 Å². The number of pyridine rings is 1. The van der Waals surface area contributed by atoms with Crippen molar-refractivity contribution < 1.29 is 4.39 Å². The summed E-state index contributed by atoms with van der Waals surface area (Å²) in [6.45, 7) is 0. The number of halogens is 2. The molecule has 90 valence electrons. The smallest absolute Gasteiger partial charge is 0.206 e. The minimum atomic E-state index is -0.310. The Balaban J connectivity index is 2.34. The second-order valence-electron chi connectivity index (χ2n) is 3.77. The van der Waals surface area contributed by atoms with Crippen LogP contribution in [0.5, 0.6) is 0 Å². The quantitative estimate of drug-likeness (QED) is 0.752. The first-order valence-electron chi connectivity index (χ1n) is 5.20. The van der Waals surface area contributed by atoms with E-state index >= 15 is 0 Å². The molecule has 0 spiro atoms. The molecule has 18 heavy (non-hydrogen) atoms. The summed E-state index contributed by atoms with van der Waals surface area (Å²) in [5, 5.41) is 0. The van der Waals surface area contributed by atoms with Crippen LogP contribution in [0.4, 0.5) is 10.3 Å². The second kappa shape index (κ2) is 4.06. The highest BCUT2D eigenvalue weighted by molar-refractivity contribution is 9.10. The summed E-state index contributed by atoms with van der Waals surface area (Å²) in [7, 11) is 0. The van der Waals surface area contributed by atoms with Crippen LogP contribution in [0.1, 0.15) is 0 Å². The third-order valence-electron chi connectivity index (χ3n) is 2.63. The summed E-state index contributed by atoms with van der Waals surface area (Å²) >= 11 is 3.33. The first kappa shape index (κ1) is 11.2. The number of hydrogen-bond acceptors (Lipinski definition) is 3. The summed E-state index contributed by atoms with van der Waals surface area (Å²) in [5.74, 6) is 0.0283. The molecule has 0 unspecified atom stereocenters. The van der Waals surface area contributed by atoms with E-state index in [-0.39, 0.29) is 5.82 Å². The van der Waals surface area contributed by atoms with Crippen molar-refractivity contribution in [2.75, 3.05) is 5.73 Å². The lowest BCUT2D eigenvalue weighted by molar-refractivity contribution is 0.626. The van der Waals surface area contributed by atoms with E-state index in [0.29, 0.717) is 15.9 Å². The van der Waals surface area contributed by atoms with E-state index in [0.717, 1.165) is 11.2 Å². The third-order valence-corrected chi connectivity index (χ3v) is 3.27. The Morgan fingerprint density at radius 3 is 2.89 bits per heavy atom. The number of anilines is 1. The molecule has 2 heterocycles. The molecule has 3 aromatic rings. The van der Waals surface area contributed by atoms with Gasteiger partial charge in [-0.05, 0) is 40.2 Å². The fraction of sp³-hybridized carbons (Fsp3) is 0. The Morgan fingerprint density at radius 2 is 2.11 bits per heavy atom. The van der Waals surface area contributed by atoms with E-state index in [1.54, 1.807) is 23.0 Å². The van der Waals surface area contributed by atoms with Crippen LogP contribution in [0, 0.1) is 5.82 Å². The highest BCUT2D eigenvalue weighted by Crippen LogP contribution is 2.28. The van der Waals surface area contributed by atoms with Gasteiger partial charge in [0.25, 0.3) is 0 Å². The van der Waals surface area contributed by atoms with Crippen molar-refractivity contribution in [3.63, 3.8) is 0 Å². The summed E-state index contributed by atoms with van der Waals surface area (Å²) in [4.78, 5) is 8.21. The Bertz CT molecular complexity index is 738. The van der Waals surface area contributed by atoms with E-state index in [9.17, 15) is 4.39 Å². The van der Waals surface area contributed by atoms with E-state index in [4.69, 9.17) is 5.73 Å². The molecule has 0 saturated carbocycles. The molecular formula is C12H8BrFN4. The van der Waals surface area contributed by atoms with Crippen molar-refractivity contribution in [2.45, 2.75) is 0 Å². The average Bonchev–Trinajstić information content (AvgIpc) is 2.66. The maximum atomic E-state index is 13.1. The van der Waals surface area contributed by atoms with Gasteiger partial charge in [-0.3, -0.25) is 9.55 Å². The number of hydrogen-bond donors (Lipinski definition) is 1. The Kier molecular flexibility index (Phi) is 2.52. The number of rotatable bonds is 1. The topological polar surface area (TPSA) is 56.7 Å². The average molecular weight is 307 g/mol. The fourth-order valence-corrected chi connectivity index (χ4v) is 2.39.